The molecule has 0 aliphatic carbocycles. The van der Waals surface area contributed by atoms with Gasteiger partial charge in [-0.1, -0.05) is 30.3 Å². The van der Waals surface area contributed by atoms with E-state index in [9.17, 15) is 19.8 Å². The zero-order valence-electron chi connectivity index (χ0n) is 18.4. The second-order valence-corrected chi connectivity index (χ2v) is 8.21. The Morgan fingerprint density at radius 2 is 1.91 bits per heavy atom. The summed E-state index contributed by atoms with van der Waals surface area (Å²) in [6.07, 6.45) is 2.70. The number of carbonyl (C=O) groups is 2. The highest BCUT2D eigenvalue weighted by atomic mass is 16.4. The lowest BCUT2D eigenvalue weighted by Gasteiger charge is -2.27. The highest BCUT2D eigenvalue weighted by molar-refractivity contribution is 5.99. The van der Waals surface area contributed by atoms with Gasteiger partial charge in [0.15, 0.2) is 0 Å². The average Bonchev–Trinajstić information content (AvgIpc) is 2.98. The predicted molar refractivity (Wildman–Crippen MR) is 122 cm³/mol. The number of rotatable bonds is 7. The van der Waals surface area contributed by atoms with Crippen molar-refractivity contribution in [2.24, 2.45) is 0 Å². The van der Waals surface area contributed by atoms with E-state index in [0.29, 0.717) is 17.1 Å². The molecule has 10 heteroatoms. The number of aliphatic hydroxyl groups is 1. The minimum absolute atomic E-state index is 0.0434. The molecule has 3 aromatic rings. The van der Waals surface area contributed by atoms with Crippen LogP contribution >= 0.6 is 0 Å². The van der Waals surface area contributed by atoms with Crippen LogP contribution in [-0.2, 0) is 5.54 Å². The number of anilines is 3. The van der Waals surface area contributed by atoms with Crippen molar-refractivity contribution in [3.63, 3.8) is 0 Å². The fourth-order valence-electron chi connectivity index (χ4n) is 3.69. The first kappa shape index (κ1) is 22.2. The third-order valence-electron chi connectivity index (χ3n) is 5.83. The maximum atomic E-state index is 12.4. The molecule has 10 nitrogen and oxygen atoms in total. The molecule has 2 aromatic heterocycles. The molecule has 3 heterocycles. The van der Waals surface area contributed by atoms with E-state index in [0.717, 1.165) is 5.56 Å². The van der Waals surface area contributed by atoms with E-state index in [2.05, 4.69) is 25.6 Å². The number of fused-ring (bicyclic) bond motifs is 1. The van der Waals surface area contributed by atoms with Crippen LogP contribution in [0.3, 0.4) is 0 Å². The number of aromatic nitrogens is 3. The van der Waals surface area contributed by atoms with Gasteiger partial charge in [-0.2, -0.15) is 0 Å². The van der Waals surface area contributed by atoms with Crippen LogP contribution in [0, 0.1) is 0 Å². The zero-order chi connectivity index (χ0) is 23.8. The monoisotopic (exact) mass is 448 g/mol. The topological polar surface area (TPSA) is 141 Å². The maximum Gasteiger partial charge on any atom is 0.339 e. The molecular weight excluding hydrogens is 424 g/mol. The zero-order valence-corrected chi connectivity index (χ0v) is 18.4. The molecule has 1 atom stereocenters. The van der Waals surface area contributed by atoms with Crippen molar-refractivity contribution < 1.29 is 19.8 Å². The second-order valence-electron chi connectivity index (χ2n) is 8.21. The number of aliphatic hydroxyl groups excluding tert-OH is 1. The van der Waals surface area contributed by atoms with Gasteiger partial charge in [0.1, 0.15) is 11.4 Å². The van der Waals surface area contributed by atoms with E-state index < -0.39 is 17.6 Å². The van der Waals surface area contributed by atoms with Crippen LogP contribution in [0.1, 0.15) is 51.9 Å². The molecule has 1 aliphatic heterocycles. The SMILES string of the molecule is CN1C(=O)c2cnc(Nc3cc(N[C@H](CO)c4ccccc4)c(C(=O)O)cn3)nc2C1(C)C. The van der Waals surface area contributed by atoms with Crippen LogP contribution < -0.4 is 10.6 Å². The number of carbonyl (C=O) groups excluding carboxylic acids is 1. The Morgan fingerprint density at radius 1 is 1.18 bits per heavy atom. The lowest BCUT2D eigenvalue weighted by molar-refractivity contribution is 0.0682. The third kappa shape index (κ3) is 4.08. The van der Waals surface area contributed by atoms with Crippen molar-refractivity contribution in [1.82, 2.24) is 19.9 Å². The minimum Gasteiger partial charge on any atom is -0.478 e. The smallest absolute Gasteiger partial charge is 0.339 e. The molecule has 1 aromatic carbocycles. The van der Waals surface area contributed by atoms with Crippen molar-refractivity contribution in [2.45, 2.75) is 25.4 Å². The number of aromatic carboxylic acids is 1. The van der Waals surface area contributed by atoms with Gasteiger partial charge in [0, 0.05) is 25.5 Å². The third-order valence-corrected chi connectivity index (χ3v) is 5.83. The van der Waals surface area contributed by atoms with Gasteiger partial charge >= 0.3 is 5.97 Å². The van der Waals surface area contributed by atoms with Crippen LogP contribution in [0.15, 0.2) is 48.8 Å². The van der Waals surface area contributed by atoms with Crippen LogP contribution in [0.25, 0.3) is 0 Å². The van der Waals surface area contributed by atoms with E-state index >= 15 is 0 Å². The standard InChI is InChI=1S/C23H24N6O4/c1-23(2)19-15(20(31)29(23)3)11-25-22(28-19)27-18-9-16(14(10-24-18)21(32)33)26-17(12-30)13-7-5-4-6-8-13/h4-11,17,30H,12H2,1-3H3,(H,32,33)(H2,24,25,26,27,28)/t17-/m1/s1. The summed E-state index contributed by atoms with van der Waals surface area (Å²) in [7, 11) is 1.71. The summed E-state index contributed by atoms with van der Waals surface area (Å²) in [4.78, 5) is 38.7. The van der Waals surface area contributed by atoms with Gasteiger partial charge < -0.3 is 25.7 Å². The number of benzene rings is 1. The van der Waals surface area contributed by atoms with Crippen molar-refractivity contribution in [3.8, 4) is 0 Å². The Kier molecular flexibility index (Phi) is 5.69. The predicted octanol–water partition coefficient (Wildman–Crippen LogP) is 2.78. The Hall–Kier alpha value is -4.05. The number of nitrogens with one attached hydrogen (secondary N) is 2. The van der Waals surface area contributed by atoms with E-state index in [1.165, 1.54) is 18.5 Å². The molecule has 0 unspecified atom stereocenters. The lowest BCUT2D eigenvalue weighted by atomic mass is 10.0. The summed E-state index contributed by atoms with van der Waals surface area (Å²) in [5, 5.41) is 25.5. The molecule has 33 heavy (non-hydrogen) atoms. The molecule has 0 spiro atoms. The van der Waals surface area contributed by atoms with E-state index in [-0.39, 0.29) is 29.7 Å². The summed E-state index contributed by atoms with van der Waals surface area (Å²) in [5.41, 5.74) is 1.48. The molecule has 170 valence electrons. The summed E-state index contributed by atoms with van der Waals surface area (Å²) < 4.78 is 0. The Balaban J connectivity index is 1.65. The Bertz CT molecular complexity index is 1210. The first-order valence-electron chi connectivity index (χ1n) is 10.3. The van der Waals surface area contributed by atoms with Gasteiger partial charge in [-0.15, -0.1) is 0 Å². The molecule has 4 N–H and O–H groups in total. The quantitative estimate of drug-likeness (QED) is 0.429. The Morgan fingerprint density at radius 3 is 2.58 bits per heavy atom. The van der Waals surface area contributed by atoms with Gasteiger partial charge in [0.25, 0.3) is 5.91 Å². The minimum atomic E-state index is -1.15. The van der Waals surface area contributed by atoms with Crippen LogP contribution in [-0.4, -0.2) is 55.6 Å². The van der Waals surface area contributed by atoms with E-state index in [4.69, 9.17) is 0 Å². The number of carboxylic acid groups (broad SMARTS) is 1. The molecular formula is C23H24N6O4. The number of pyridine rings is 1. The van der Waals surface area contributed by atoms with Gasteiger partial charge in [-0.3, -0.25) is 4.79 Å². The van der Waals surface area contributed by atoms with Crippen molar-refractivity contribution in [3.05, 3.63) is 71.2 Å². The summed E-state index contributed by atoms with van der Waals surface area (Å²) in [6, 6.07) is 10.2. The molecule has 4 rings (SSSR count). The molecule has 0 saturated carbocycles. The van der Waals surface area contributed by atoms with Crippen LogP contribution in [0.4, 0.5) is 17.5 Å². The van der Waals surface area contributed by atoms with Crippen molar-refractivity contribution in [2.75, 3.05) is 24.3 Å². The molecule has 1 amide bonds. The number of hydrogen-bond acceptors (Lipinski definition) is 8. The number of nitrogens with zero attached hydrogens (tertiary/aromatic N) is 4. The lowest BCUT2D eigenvalue weighted by Crippen LogP contribution is -2.35. The summed E-state index contributed by atoms with van der Waals surface area (Å²) >= 11 is 0. The first-order chi connectivity index (χ1) is 15.7. The van der Waals surface area contributed by atoms with E-state index in [1.807, 2.05) is 44.2 Å². The number of hydrogen-bond donors (Lipinski definition) is 4. The largest absolute Gasteiger partial charge is 0.478 e. The number of carboxylic acids is 1. The molecule has 0 saturated heterocycles. The molecule has 0 radical (unpaired) electrons. The van der Waals surface area contributed by atoms with Gasteiger partial charge in [0.05, 0.1) is 35.1 Å². The van der Waals surface area contributed by atoms with Gasteiger partial charge in [0.2, 0.25) is 5.95 Å². The van der Waals surface area contributed by atoms with Gasteiger partial charge in [-0.25, -0.2) is 19.7 Å². The first-order valence-corrected chi connectivity index (χ1v) is 10.3. The molecule has 0 fully saturated rings. The Labute approximate surface area is 190 Å². The van der Waals surface area contributed by atoms with Crippen LogP contribution in [0.5, 0.6) is 0 Å². The van der Waals surface area contributed by atoms with Crippen molar-refractivity contribution in [1.29, 1.82) is 0 Å². The maximum absolute atomic E-state index is 12.4. The highest BCUT2D eigenvalue weighted by Crippen LogP contribution is 2.36. The fraction of sp³-hybridized carbons (Fsp3) is 0.261. The van der Waals surface area contributed by atoms with Crippen LogP contribution in [0.2, 0.25) is 0 Å². The second kappa shape index (κ2) is 8.47. The average molecular weight is 448 g/mol. The summed E-state index contributed by atoms with van der Waals surface area (Å²) in [5.74, 6) is -0.762. The van der Waals surface area contributed by atoms with Gasteiger partial charge in [-0.05, 0) is 19.4 Å². The highest BCUT2D eigenvalue weighted by Gasteiger charge is 2.42. The molecule has 0 bridgehead atoms. The fourth-order valence-corrected chi connectivity index (χ4v) is 3.69. The van der Waals surface area contributed by atoms with Crippen molar-refractivity contribution >= 4 is 29.3 Å². The summed E-state index contributed by atoms with van der Waals surface area (Å²) in [6.45, 7) is 3.56. The molecule has 1 aliphatic rings. The van der Waals surface area contributed by atoms with E-state index in [1.54, 1.807) is 11.9 Å². The number of amides is 1. The normalized spacial score (nSPS) is 15.2.